The fraction of sp³-hybridized carbons (Fsp3) is 0.188. The van der Waals surface area contributed by atoms with Crippen molar-refractivity contribution >= 4 is 23.2 Å². The van der Waals surface area contributed by atoms with Crippen LogP contribution in [0.1, 0.15) is 6.92 Å². The van der Waals surface area contributed by atoms with Crippen LogP contribution in [0.15, 0.2) is 41.7 Å². The number of hydrogen-bond donors (Lipinski definition) is 2. The van der Waals surface area contributed by atoms with E-state index in [1.165, 1.54) is 21.1 Å². The van der Waals surface area contributed by atoms with Crippen LogP contribution in [0.3, 0.4) is 0 Å². The van der Waals surface area contributed by atoms with E-state index < -0.39 is 17.5 Å². The van der Waals surface area contributed by atoms with Gasteiger partial charge in [-0.2, -0.15) is 0 Å². The molecule has 7 heteroatoms. The van der Waals surface area contributed by atoms with Crippen molar-refractivity contribution in [2.75, 3.05) is 19.5 Å². The maximum absolute atomic E-state index is 12.1. The number of ether oxygens (including phenoxy) is 2. The standard InChI is InChI=1S/C16H16N2O5/c1-9(19)17-13-7-16(21)14(8-15(13)20)18-10-4-11(22-2)6-12(5-10)23-3/h4-8,18H,1-3H3,(H,17,19). The number of carbonyl (C=O) groups excluding carboxylic acids is 3. The van der Waals surface area contributed by atoms with Crippen molar-refractivity contribution in [3.8, 4) is 11.5 Å². The van der Waals surface area contributed by atoms with Crippen LogP contribution < -0.4 is 20.1 Å². The highest BCUT2D eigenvalue weighted by Gasteiger charge is 2.21. The molecule has 2 rings (SSSR count). The van der Waals surface area contributed by atoms with Crippen LogP contribution in [0.2, 0.25) is 0 Å². The van der Waals surface area contributed by atoms with E-state index in [1.807, 2.05) is 0 Å². The maximum Gasteiger partial charge on any atom is 0.221 e. The molecule has 1 amide bonds. The first-order valence-corrected chi connectivity index (χ1v) is 6.72. The molecule has 1 aromatic carbocycles. The van der Waals surface area contributed by atoms with Gasteiger partial charge in [0.25, 0.3) is 0 Å². The molecule has 0 bridgehead atoms. The minimum Gasteiger partial charge on any atom is -0.497 e. The summed E-state index contributed by atoms with van der Waals surface area (Å²) in [4.78, 5) is 35.0. The lowest BCUT2D eigenvalue weighted by molar-refractivity contribution is -0.120. The Kier molecular flexibility index (Phi) is 4.80. The van der Waals surface area contributed by atoms with E-state index in [0.717, 1.165) is 12.2 Å². The molecule has 0 aromatic heterocycles. The van der Waals surface area contributed by atoms with Crippen molar-refractivity contribution in [2.45, 2.75) is 6.92 Å². The van der Waals surface area contributed by atoms with Gasteiger partial charge in [-0.15, -0.1) is 0 Å². The van der Waals surface area contributed by atoms with Crippen LogP contribution in [0.25, 0.3) is 0 Å². The van der Waals surface area contributed by atoms with Gasteiger partial charge in [0, 0.05) is 43.0 Å². The molecule has 23 heavy (non-hydrogen) atoms. The fourth-order valence-electron chi connectivity index (χ4n) is 1.98. The highest BCUT2D eigenvalue weighted by molar-refractivity contribution is 6.21. The molecular formula is C16H16N2O5. The SMILES string of the molecule is COc1cc(NC2=CC(=O)C(NC(C)=O)=CC2=O)cc(OC)c1. The number of rotatable bonds is 5. The van der Waals surface area contributed by atoms with Gasteiger partial charge < -0.3 is 20.1 Å². The van der Waals surface area contributed by atoms with Gasteiger partial charge in [0.2, 0.25) is 17.5 Å². The molecule has 1 aliphatic carbocycles. The summed E-state index contributed by atoms with van der Waals surface area (Å²) >= 11 is 0. The van der Waals surface area contributed by atoms with Gasteiger partial charge in [0.15, 0.2) is 0 Å². The molecular weight excluding hydrogens is 300 g/mol. The lowest BCUT2D eigenvalue weighted by Gasteiger charge is -2.15. The van der Waals surface area contributed by atoms with Crippen molar-refractivity contribution in [2.24, 2.45) is 0 Å². The van der Waals surface area contributed by atoms with E-state index in [4.69, 9.17) is 9.47 Å². The molecule has 0 spiro atoms. The number of amides is 1. The number of methoxy groups -OCH3 is 2. The Morgan fingerprint density at radius 2 is 1.43 bits per heavy atom. The Labute approximate surface area is 133 Å². The van der Waals surface area contributed by atoms with Gasteiger partial charge in [0.05, 0.1) is 25.6 Å². The molecule has 0 saturated carbocycles. The van der Waals surface area contributed by atoms with Crippen molar-refractivity contribution < 1.29 is 23.9 Å². The molecule has 0 heterocycles. The van der Waals surface area contributed by atoms with Crippen LogP contribution >= 0.6 is 0 Å². The molecule has 1 aromatic rings. The minimum atomic E-state index is -0.461. The van der Waals surface area contributed by atoms with Gasteiger partial charge in [-0.3, -0.25) is 14.4 Å². The quantitative estimate of drug-likeness (QED) is 0.792. The van der Waals surface area contributed by atoms with Crippen molar-refractivity contribution in [3.63, 3.8) is 0 Å². The smallest absolute Gasteiger partial charge is 0.221 e. The normalized spacial score (nSPS) is 13.9. The predicted octanol–water partition coefficient (Wildman–Crippen LogP) is 1.17. The number of nitrogens with one attached hydrogen (secondary N) is 2. The topological polar surface area (TPSA) is 93.7 Å². The summed E-state index contributed by atoms with van der Waals surface area (Å²) in [6, 6.07) is 5.00. The summed E-state index contributed by atoms with van der Waals surface area (Å²) in [7, 11) is 3.02. The predicted molar refractivity (Wildman–Crippen MR) is 83.2 cm³/mol. The number of benzene rings is 1. The molecule has 0 unspecified atom stereocenters. The highest BCUT2D eigenvalue weighted by Crippen LogP contribution is 2.27. The lowest BCUT2D eigenvalue weighted by atomic mass is 10.1. The van der Waals surface area contributed by atoms with Crippen molar-refractivity contribution in [1.29, 1.82) is 0 Å². The van der Waals surface area contributed by atoms with Gasteiger partial charge in [0.1, 0.15) is 11.5 Å². The van der Waals surface area contributed by atoms with E-state index >= 15 is 0 Å². The van der Waals surface area contributed by atoms with E-state index in [0.29, 0.717) is 17.2 Å². The lowest BCUT2D eigenvalue weighted by Crippen LogP contribution is -2.29. The summed E-state index contributed by atoms with van der Waals surface area (Å²) in [5.41, 5.74) is 0.584. The summed E-state index contributed by atoms with van der Waals surface area (Å²) < 4.78 is 10.3. The van der Waals surface area contributed by atoms with Gasteiger partial charge in [-0.05, 0) is 0 Å². The maximum atomic E-state index is 12.1. The molecule has 0 fully saturated rings. The molecule has 0 saturated heterocycles. The summed E-state index contributed by atoms with van der Waals surface area (Å²) in [6.07, 6.45) is 2.23. The average Bonchev–Trinajstić information content (AvgIpc) is 2.51. The molecule has 1 aliphatic rings. The van der Waals surface area contributed by atoms with Crippen LogP contribution in [0.4, 0.5) is 5.69 Å². The minimum absolute atomic E-state index is 0.0451. The molecule has 2 N–H and O–H groups in total. The molecule has 120 valence electrons. The van der Waals surface area contributed by atoms with Gasteiger partial charge in [-0.1, -0.05) is 0 Å². The largest absolute Gasteiger partial charge is 0.497 e. The zero-order valence-corrected chi connectivity index (χ0v) is 12.9. The monoisotopic (exact) mass is 316 g/mol. The Balaban J connectivity index is 2.23. The first kappa shape index (κ1) is 16.3. The second-order valence-electron chi connectivity index (χ2n) is 4.75. The first-order valence-electron chi connectivity index (χ1n) is 6.72. The van der Waals surface area contributed by atoms with Crippen molar-refractivity contribution in [1.82, 2.24) is 5.32 Å². The van der Waals surface area contributed by atoms with Crippen LogP contribution in [0, 0.1) is 0 Å². The summed E-state index contributed by atoms with van der Waals surface area (Å²) in [5, 5.41) is 5.18. The van der Waals surface area contributed by atoms with Crippen molar-refractivity contribution in [3.05, 3.63) is 41.7 Å². The Bertz CT molecular complexity index is 712. The third-order valence-electron chi connectivity index (χ3n) is 3.02. The Morgan fingerprint density at radius 3 is 1.96 bits per heavy atom. The summed E-state index contributed by atoms with van der Waals surface area (Å²) in [6.45, 7) is 1.26. The van der Waals surface area contributed by atoms with Gasteiger partial charge in [-0.25, -0.2) is 0 Å². The van der Waals surface area contributed by atoms with E-state index in [9.17, 15) is 14.4 Å². The molecule has 0 aliphatic heterocycles. The number of anilines is 1. The second kappa shape index (κ2) is 6.78. The zero-order chi connectivity index (χ0) is 17.0. The van der Waals surface area contributed by atoms with Crippen LogP contribution in [0.5, 0.6) is 11.5 Å². The van der Waals surface area contributed by atoms with E-state index in [-0.39, 0.29) is 11.4 Å². The highest BCUT2D eigenvalue weighted by atomic mass is 16.5. The third-order valence-corrected chi connectivity index (χ3v) is 3.02. The number of allylic oxidation sites excluding steroid dienone is 2. The summed E-state index contributed by atoms with van der Waals surface area (Å²) in [5.74, 6) is -0.222. The number of ketones is 2. The molecule has 7 nitrogen and oxygen atoms in total. The van der Waals surface area contributed by atoms with E-state index in [1.54, 1.807) is 18.2 Å². The molecule has 0 radical (unpaired) electrons. The number of carbonyl (C=O) groups is 3. The third kappa shape index (κ3) is 3.97. The van der Waals surface area contributed by atoms with Gasteiger partial charge >= 0.3 is 0 Å². The van der Waals surface area contributed by atoms with E-state index in [2.05, 4.69) is 10.6 Å². The molecule has 0 atom stereocenters. The number of hydrogen-bond acceptors (Lipinski definition) is 6. The fourth-order valence-corrected chi connectivity index (χ4v) is 1.98. The average molecular weight is 316 g/mol. The first-order chi connectivity index (χ1) is 10.9. The zero-order valence-electron chi connectivity index (χ0n) is 12.9. The van der Waals surface area contributed by atoms with Crippen LogP contribution in [-0.2, 0) is 14.4 Å². The Hall–Kier alpha value is -3.09. The second-order valence-corrected chi connectivity index (χ2v) is 4.75. The van der Waals surface area contributed by atoms with Crippen LogP contribution in [-0.4, -0.2) is 31.7 Å². The Morgan fingerprint density at radius 1 is 0.913 bits per heavy atom.